The second kappa shape index (κ2) is 3.95. The van der Waals surface area contributed by atoms with Gasteiger partial charge >= 0.3 is 0 Å². The molecule has 1 rings (SSSR count). The molecule has 1 aromatic carbocycles. The van der Waals surface area contributed by atoms with Gasteiger partial charge in [0.1, 0.15) is 5.75 Å². The van der Waals surface area contributed by atoms with Crippen molar-refractivity contribution in [2.75, 3.05) is 13.8 Å². The number of ether oxygens (including phenoxy) is 1. The molecule has 0 atom stereocenters. The summed E-state index contributed by atoms with van der Waals surface area (Å²) in [6, 6.07) is 9.57. The molecule has 0 bridgehead atoms. The van der Waals surface area contributed by atoms with Gasteiger partial charge in [0.2, 0.25) is 0 Å². The first-order chi connectivity index (χ1) is 5.29. The SMILES string of the molecule is CN(N)COc1ccccc1. The van der Waals surface area contributed by atoms with Crippen molar-refractivity contribution in [3.63, 3.8) is 0 Å². The van der Waals surface area contributed by atoms with E-state index in [1.54, 1.807) is 7.05 Å². The second-order valence-electron chi connectivity index (χ2n) is 2.34. The Labute approximate surface area is 66.3 Å². The first kappa shape index (κ1) is 8.04. The molecule has 0 aliphatic heterocycles. The van der Waals surface area contributed by atoms with Crippen LogP contribution in [0.25, 0.3) is 0 Å². The standard InChI is InChI=1S/C8H12N2O/c1-10(9)7-11-8-5-3-2-4-6-8/h2-6H,7,9H2,1H3. The van der Waals surface area contributed by atoms with Crippen molar-refractivity contribution in [3.05, 3.63) is 30.3 Å². The number of hydrazine groups is 1. The summed E-state index contributed by atoms with van der Waals surface area (Å²) < 4.78 is 5.27. The first-order valence-corrected chi connectivity index (χ1v) is 3.43. The maximum atomic E-state index is 5.35. The van der Waals surface area contributed by atoms with Gasteiger partial charge in [-0.05, 0) is 12.1 Å². The maximum Gasteiger partial charge on any atom is 0.153 e. The van der Waals surface area contributed by atoms with E-state index < -0.39 is 0 Å². The van der Waals surface area contributed by atoms with Crippen LogP contribution in [0.2, 0.25) is 0 Å². The van der Waals surface area contributed by atoms with E-state index in [9.17, 15) is 0 Å². The smallest absolute Gasteiger partial charge is 0.153 e. The molecule has 3 nitrogen and oxygen atoms in total. The van der Waals surface area contributed by atoms with Crippen LogP contribution in [0, 0.1) is 0 Å². The van der Waals surface area contributed by atoms with Crippen LogP contribution >= 0.6 is 0 Å². The quantitative estimate of drug-likeness (QED) is 0.396. The summed E-state index contributed by atoms with van der Waals surface area (Å²) in [6.45, 7) is 0.407. The lowest BCUT2D eigenvalue weighted by molar-refractivity contribution is 0.155. The molecule has 60 valence electrons. The number of hydrogen-bond acceptors (Lipinski definition) is 3. The highest BCUT2D eigenvalue weighted by atomic mass is 16.5. The third kappa shape index (κ3) is 3.02. The van der Waals surface area contributed by atoms with E-state index in [0.29, 0.717) is 6.73 Å². The summed E-state index contributed by atoms with van der Waals surface area (Å²) in [5, 5.41) is 1.48. The van der Waals surface area contributed by atoms with E-state index in [2.05, 4.69) is 0 Å². The summed E-state index contributed by atoms with van der Waals surface area (Å²) in [4.78, 5) is 0. The highest BCUT2D eigenvalue weighted by Crippen LogP contribution is 2.07. The van der Waals surface area contributed by atoms with Gasteiger partial charge in [0.05, 0.1) is 0 Å². The predicted molar refractivity (Wildman–Crippen MR) is 43.9 cm³/mol. The van der Waals surface area contributed by atoms with E-state index in [4.69, 9.17) is 10.6 Å². The van der Waals surface area contributed by atoms with Gasteiger partial charge in [0.15, 0.2) is 6.73 Å². The minimum absolute atomic E-state index is 0.407. The van der Waals surface area contributed by atoms with Crippen molar-refractivity contribution in [1.29, 1.82) is 0 Å². The minimum atomic E-state index is 0.407. The molecule has 0 amide bonds. The molecule has 0 spiro atoms. The molecule has 11 heavy (non-hydrogen) atoms. The average Bonchev–Trinajstić information content (AvgIpc) is 2.03. The number of nitrogens with zero attached hydrogens (tertiary/aromatic N) is 1. The lowest BCUT2D eigenvalue weighted by atomic mass is 10.3. The summed E-state index contributed by atoms with van der Waals surface area (Å²) >= 11 is 0. The zero-order valence-corrected chi connectivity index (χ0v) is 6.53. The molecule has 3 heteroatoms. The van der Waals surface area contributed by atoms with Crippen LogP contribution < -0.4 is 10.6 Å². The van der Waals surface area contributed by atoms with Gasteiger partial charge in [-0.3, -0.25) is 5.84 Å². The molecule has 1 aromatic rings. The Morgan fingerprint density at radius 1 is 1.36 bits per heavy atom. The van der Waals surface area contributed by atoms with Gasteiger partial charge in [0.25, 0.3) is 0 Å². The second-order valence-corrected chi connectivity index (χ2v) is 2.34. The fourth-order valence-electron chi connectivity index (χ4n) is 0.693. The van der Waals surface area contributed by atoms with Crippen molar-refractivity contribution >= 4 is 0 Å². The molecule has 0 heterocycles. The predicted octanol–water partition coefficient (Wildman–Crippen LogP) is 0.828. The van der Waals surface area contributed by atoms with Crippen molar-refractivity contribution in [3.8, 4) is 5.75 Å². The highest BCUT2D eigenvalue weighted by molar-refractivity contribution is 5.20. The highest BCUT2D eigenvalue weighted by Gasteiger charge is 1.91. The molecule has 0 saturated heterocycles. The van der Waals surface area contributed by atoms with Crippen molar-refractivity contribution in [1.82, 2.24) is 5.01 Å². The van der Waals surface area contributed by atoms with Gasteiger partial charge in [-0.2, -0.15) is 0 Å². The van der Waals surface area contributed by atoms with Crippen LogP contribution in [0.5, 0.6) is 5.75 Å². The fourth-order valence-corrected chi connectivity index (χ4v) is 0.693. The van der Waals surface area contributed by atoms with Crippen LogP contribution in [0.15, 0.2) is 30.3 Å². The Hall–Kier alpha value is -1.06. The summed E-state index contributed by atoms with van der Waals surface area (Å²) in [5.74, 6) is 6.19. The number of para-hydroxylation sites is 1. The Morgan fingerprint density at radius 3 is 2.55 bits per heavy atom. The Balaban J connectivity index is 2.39. The van der Waals surface area contributed by atoms with Gasteiger partial charge in [-0.15, -0.1) is 0 Å². The van der Waals surface area contributed by atoms with Crippen LogP contribution in [0.1, 0.15) is 0 Å². The molecule has 0 unspecified atom stereocenters. The molecule has 0 radical (unpaired) electrons. The van der Waals surface area contributed by atoms with E-state index in [1.165, 1.54) is 5.01 Å². The van der Waals surface area contributed by atoms with Crippen molar-refractivity contribution < 1.29 is 4.74 Å². The normalized spacial score (nSPS) is 10.1. The fraction of sp³-hybridized carbons (Fsp3) is 0.250. The molecule has 0 fully saturated rings. The average molecular weight is 152 g/mol. The lowest BCUT2D eigenvalue weighted by Crippen LogP contribution is -2.30. The Bertz CT molecular complexity index is 199. The monoisotopic (exact) mass is 152 g/mol. The Kier molecular flexibility index (Phi) is 2.89. The zero-order chi connectivity index (χ0) is 8.10. The first-order valence-electron chi connectivity index (χ1n) is 3.43. The van der Waals surface area contributed by atoms with Gasteiger partial charge in [0, 0.05) is 7.05 Å². The summed E-state index contributed by atoms with van der Waals surface area (Å²) in [5.41, 5.74) is 0. The molecule has 0 saturated carbocycles. The lowest BCUT2D eigenvalue weighted by Gasteiger charge is -2.10. The third-order valence-corrected chi connectivity index (χ3v) is 1.18. The van der Waals surface area contributed by atoms with Crippen LogP contribution in [-0.2, 0) is 0 Å². The third-order valence-electron chi connectivity index (χ3n) is 1.18. The van der Waals surface area contributed by atoms with E-state index in [0.717, 1.165) is 5.75 Å². The number of hydrogen-bond donors (Lipinski definition) is 1. The topological polar surface area (TPSA) is 38.5 Å². The number of nitrogens with two attached hydrogens (primary N) is 1. The molecule has 0 aliphatic rings. The summed E-state index contributed by atoms with van der Waals surface area (Å²) in [6.07, 6.45) is 0. The van der Waals surface area contributed by atoms with Crippen LogP contribution in [0.3, 0.4) is 0 Å². The van der Waals surface area contributed by atoms with E-state index in [-0.39, 0.29) is 0 Å². The number of benzene rings is 1. The van der Waals surface area contributed by atoms with Gasteiger partial charge < -0.3 is 4.74 Å². The molecule has 0 aliphatic carbocycles. The van der Waals surface area contributed by atoms with E-state index >= 15 is 0 Å². The minimum Gasteiger partial charge on any atom is -0.477 e. The molecule has 2 N–H and O–H groups in total. The Morgan fingerprint density at radius 2 is 2.00 bits per heavy atom. The molecule has 0 aromatic heterocycles. The van der Waals surface area contributed by atoms with Crippen molar-refractivity contribution in [2.24, 2.45) is 5.84 Å². The number of rotatable bonds is 3. The maximum absolute atomic E-state index is 5.35. The van der Waals surface area contributed by atoms with Gasteiger partial charge in [-0.25, -0.2) is 5.01 Å². The van der Waals surface area contributed by atoms with Crippen LogP contribution in [-0.4, -0.2) is 18.8 Å². The molecular weight excluding hydrogens is 140 g/mol. The zero-order valence-electron chi connectivity index (χ0n) is 6.53. The van der Waals surface area contributed by atoms with Gasteiger partial charge in [-0.1, -0.05) is 18.2 Å². The van der Waals surface area contributed by atoms with Crippen LogP contribution in [0.4, 0.5) is 0 Å². The largest absolute Gasteiger partial charge is 0.477 e. The van der Waals surface area contributed by atoms with E-state index in [1.807, 2.05) is 30.3 Å². The summed E-state index contributed by atoms with van der Waals surface area (Å²) in [7, 11) is 1.75. The molecular formula is C8H12N2O. The van der Waals surface area contributed by atoms with Crippen molar-refractivity contribution in [2.45, 2.75) is 0 Å².